The van der Waals surface area contributed by atoms with Gasteiger partial charge in [-0.25, -0.2) is 9.66 Å². The van der Waals surface area contributed by atoms with Crippen molar-refractivity contribution in [2.75, 3.05) is 16.5 Å². The molecule has 2 N–H and O–H groups in total. The Balaban J connectivity index is 1.35. The van der Waals surface area contributed by atoms with E-state index < -0.39 is 0 Å². The summed E-state index contributed by atoms with van der Waals surface area (Å²) in [5.41, 5.74) is 4.26. The maximum atomic E-state index is 13.4. The number of carbonyl (C=O) groups excluding carboxylic acids is 1. The standard InChI is InChI=1S/C25H26N6OS2/c1-17-11-13-19(14-12-17)23-28-29-25(31(23)26)33-16-22(32)30(15-18-7-3-2-4-8-18)24-27-20-9-5-6-10-21(20)34-24/h2-4,7-8,11-14H,5-6,9-10,15-16,26H2,1H3. The summed E-state index contributed by atoms with van der Waals surface area (Å²) in [7, 11) is 0. The number of hydrogen-bond acceptors (Lipinski definition) is 7. The molecule has 0 aliphatic heterocycles. The second-order valence-electron chi connectivity index (χ2n) is 8.37. The minimum Gasteiger partial charge on any atom is -0.335 e. The average Bonchev–Trinajstić information content (AvgIpc) is 3.45. The molecule has 0 saturated carbocycles. The SMILES string of the molecule is Cc1ccc(-c2nnc(SCC(=O)N(Cc3ccccc3)c3nc4c(s3)CCCC4)n2N)cc1. The molecular formula is C25H26N6OS2. The summed E-state index contributed by atoms with van der Waals surface area (Å²) in [6.07, 6.45) is 4.39. The Kier molecular flexibility index (Phi) is 6.64. The molecule has 1 aliphatic carbocycles. The maximum absolute atomic E-state index is 13.4. The number of anilines is 1. The van der Waals surface area contributed by atoms with Gasteiger partial charge < -0.3 is 5.84 Å². The first kappa shape index (κ1) is 22.6. The Hall–Kier alpha value is -3.17. The van der Waals surface area contributed by atoms with Gasteiger partial charge in [-0.1, -0.05) is 71.9 Å². The number of carbonyl (C=O) groups is 1. The van der Waals surface area contributed by atoms with Gasteiger partial charge in [0, 0.05) is 10.4 Å². The molecule has 0 spiro atoms. The van der Waals surface area contributed by atoms with Gasteiger partial charge in [0.1, 0.15) is 0 Å². The molecule has 2 heterocycles. The molecule has 174 valence electrons. The van der Waals surface area contributed by atoms with Gasteiger partial charge in [0.25, 0.3) is 0 Å². The van der Waals surface area contributed by atoms with E-state index in [9.17, 15) is 4.79 Å². The number of thiazole rings is 1. The van der Waals surface area contributed by atoms with Crippen molar-refractivity contribution >= 4 is 34.1 Å². The summed E-state index contributed by atoms with van der Waals surface area (Å²) in [6, 6.07) is 18.0. The fraction of sp³-hybridized carbons (Fsp3) is 0.280. The first-order chi connectivity index (χ1) is 16.6. The van der Waals surface area contributed by atoms with Crippen LogP contribution in [0, 0.1) is 6.92 Å². The van der Waals surface area contributed by atoms with Crippen molar-refractivity contribution < 1.29 is 4.79 Å². The molecule has 0 atom stereocenters. The number of rotatable bonds is 7. The molecule has 9 heteroatoms. The van der Waals surface area contributed by atoms with E-state index in [4.69, 9.17) is 10.8 Å². The first-order valence-electron chi connectivity index (χ1n) is 11.3. The van der Waals surface area contributed by atoms with Crippen molar-refractivity contribution in [3.05, 3.63) is 76.3 Å². The molecule has 0 unspecified atom stereocenters. The molecule has 2 aromatic heterocycles. The van der Waals surface area contributed by atoms with Gasteiger partial charge in [-0.3, -0.25) is 9.69 Å². The van der Waals surface area contributed by atoms with E-state index in [1.54, 1.807) is 16.2 Å². The number of aryl methyl sites for hydroxylation is 3. The first-order valence-corrected chi connectivity index (χ1v) is 13.1. The number of hydrogen-bond donors (Lipinski definition) is 1. The predicted octanol–water partition coefficient (Wildman–Crippen LogP) is 4.63. The number of nitrogen functional groups attached to an aromatic ring is 1. The predicted molar refractivity (Wildman–Crippen MR) is 137 cm³/mol. The molecule has 2 aromatic carbocycles. The van der Waals surface area contributed by atoms with Gasteiger partial charge in [0.2, 0.25) is 11.1 Å². The highest BCUT2D eigenvalue weighted by molar-refractivity contribution is 7.99. The number of nitrogens with zero attached hydrogens (tertiary/aromatic N) is 5. The maximum Gasteiger partial charge on any atom is 0.239 e. The number of nitrogens with two attached hydrogens (primary N) is 1. The summed E-state index contributed by atoms with van der Waals surface area (Å²) in [6.45, 7) is 2.51. The molecule has 0 fully saturated rings. The fourth-order valence-electron chi connectivity index (χ4n) is 3.96. The lowest BCUT2D eigenvalue weighted by molar-refractivity contribution is -0.116. The highest BCUT2D eigenvalue weighted by atomic mass is 32.2. The Labute approximate surface area is 207 Å². The van der Waals surface area contributed by atoms with Crippen molar-refractivity contribution in [3.63, 3.8) is 0 Å². The van der Waals surface area contributed by atoms with Crippen LogP contribution < -0.4 is 10.7 Å². The van der Waals surface area contributed by atoms with Crippen molar-refractivity contribution in [1.82, 2.24) is 19.9 Å². The van der Waals surface area contributed by atoms with Crippen LogP contribution in [0.2, 0.25) is 0 Å². The summed E-state index contributed by atoms with van der Waals surface area (Å²) in [4.78, 5) is 21.4. The summed E-state index contributed by atoms with van der Waals surface area (Å²) >= 11 is 2.94. The third-order valence-electron chi connectivity index (χ3n) is 5.85. The second kappa shape index (κ2) is 9.99. The molecule has 7 nitrogen and oxygen atoms in total. The van der Waals surface area contributed by atoms with Crippen LogP contribution in [0.1, 0.15) is 34.5 Å². The van der Waals surface area contributed by atoms with Crippen molar-refractivity contribution in [1.29, 1.82) is 0 Å². The van der Waals surface area contributed by atoms with E-state index in [2.05, 4.69) is 10.2 Å². The summed E-state index contributed by atoms with van der Waals surface area (Å²) in [5, 5.41) is 9.74. The van der Waals surface area contributed by atoms with E-state index in [0.29, 0.717) is 17.5 Å². The van der Waals surface area contributed by atoms with Gasteiger partial charge in [0.05, 0.1) is 18.0 Å². The third kappa shape index (κ3) is 4.85. The van der Waals surface area contributed by atoms with Gasteiger partial charge in [-0.05, 0) is 38.2 Å². The molecule has 5 rings (SSSR count). The topological polar surface area (TPSA) is 89.9 Å². The molecule has 4 aromatic rings. The van der Waals surface area contributed by atoms with Crippen LogP contribution in [0.4, 0.5) is 5.13 Å². The van der Waals surface area contributed by atoms with Crippen molar-refractivity contribution in [3.8, 4) is 11.4 Å². The van der Waals surface area contributed by atoms with E-state index in [1.807, 2.05) is 61.5 Å². The van der Waals surface area contributed by atoms with Crippen LogP contribution >= 0.6 is 23.1 Å². The van der Waals surface area contributed by atoms with Crippen LogP contribution in [-0.4, -0.2) is 31.5 Å². The quantitative estimate of drug-likeness (QED) is 0.300. The molecule has 1 amide bonds. The zero-order valence-corrected chi connectivity index (χ0v) is 20.6. The zero-order valence-electron chi connectivity index (χ0n) is 19.0. The minimum atomic E-state index is -0.0279. The number of aromatic nitrogens is 4. The van der Waals surface area contributed by atoms with Crippen LogP contribution in [0.25, 0.3) is 11.4 Å². The van der Waals surface area contributed by atoms with E-state index in [-0.39, 0.29) is 11.7 Å². The van der Waals surface area contributed by atoms with Crippen LogP contribution in [0.5, 0.6) is 0 Å². The lowest BCUT2D eigenvalue weighted by atomic mass is 10.0. The average molecular weight is 491 g/mol. The normalized spacial score (nSPS) is 13.0. The highest BCUT2D eigenvalue weighted by Gasteiger charge is 2.24. The Morgan fingerprint density at radius 1 is 1.09 bits per heavy atom. The van der Waals surface area contributed by atoms with Crippen LogP contribution in [0.15, 0.2) is 59.8 Å². The van der Waals surface area contributed by atoms with E-state index in [0.717, 1.165) is 46.8 Å². The molecule has 0 bridgehead atoms. The highest BCUT2D eigenvalue weighted by Crippen LogP contribution is 2.33. The Bertz CT molecular complexity index is 1260. The zero-order chi connectivity index (χ0) is 23.5. The smallest absolute Gasteiger partial charge is 0.239 e. The van der Waals surface area contributed by atoms with Crippen LogP contribution in [0.3, 0.4) is 0 Å². The number of thioether (sulfide) groups is 1. The molecule has 0 radical (unpaired) electrons. The summed E-state index contributed by atoms with van der Waals surface area (Å²) in [5.74, 6) is 7.01. The van der Waals surface area contributed by atoms with Gasteiger partial charge in [-0.2, -0.15) is 0 Å². The monoisotopic (exact) mass is 490 g/mol. The lowest BCUT2D eigenvalue weighted by Crippen LogP contribution is -2.32. The van der Waals surface area contributed by atoms with Gasteiger partial charge >= 0.3 is 0 Å². The molecule has 34 heavy (non-hydrogen) atoms. The van der Waals surface area contributed by atoms with Gasteiger partial charge in [0.15, 0.2) is 11.0 Å². The molecule has 1 aliphatic rings. The fourth-order valence-corrected chi connectivity index (χ4v) is 5.86. The number of benzene rings is 2. The lowest BCUT2D eigenvalue weighted by Gasteiger charge is -2.20. The largest absolute Gasteiger partial charge is 0.335 e. The minimum absolute atomic E-state index is 0.0279. The Morgan fingerprint density at radius 3 is 2.62 bits per heavy atom. The third-order valence-corrected chi connectivity index (χ3v) is 7.96. The Morgan fingerprint density at radius 2 is 1.85 bits per heavy atom. The van der Waals surface area contributed by atoms with Gasteiger partial charge in [-0.15, -0.1) is 21.5 Å². The van der Waals surface area contributed by atoms with Crippen molar-refractivity contribution in [2.24, 2.45) is 0 Å². The molecule has 0 saturated heterocycles. The second-order valence-corrected chi connectivity index (χ2v) is 10.4. The van der Waals surface area contributed by atoms with Crippen LogP contribution in [-0.2, 0) is 24.2 Å². The van der Waals surface area contributed by atoms with E-state index >= 15 is 0 Å². The number of fused-ring (bicyclic) bond motifs is 1. The van der Waals surface area contributed by atoms with E-state index in [1.165, 1.54) is 27.7 Å². The molecular weight excluding hydrogens is 464 g/mol. The summed E-state index contributed by atoms with van der Waals surface area (Å²) < 4.78 is 1.45. The van der Waals surface area contributed by atoms with Crippen molar-refractivity contribution in [2.45, 2.75) is 44.3 Å². The number of amides is 1.